The van der Waals surface area contributed by atoms with E-state index in [1.165, 1.54) is 32.1 Å². The van der Waals surface area contributed by atoms with Crippen molar-refractivity contribution < 1.29 is 0 Å². The van der Waals surface area contributed by atoms with Crippen LogP contribution < -0.4 is 5.32 Å². The van der Waals surface area contributed by atoms with Gasteiger partial charge in [-0.15, -0.1) is 15.3 Å². The third-order valence-electron chi connectivity index (χ3n) is 3.82. The van der Waals surface area contributed by atoms with Gasteiger partial charge in [0.2, 0.25) is 0 Å². The molecule has 1 unspecified atom stereocenters. The van der Waals surface area contributed by atoms with Gasteiger partial charge in [-0.25, -0.2) is 0 Å². The Morgan fingerprint density at radius 2 is 2.11 bits per heavy atom. The van der Waals surface area contributed by atoms with Crippen molar-refractivity contribution in [2.24, 2.45) is 0 Å². The van der Waals surface area contributed by atoms with Crippen molar-refractivity contribution in [1.29, 1.82) is 0 Å². The summed E-state index contributed by atoms with van der Waals surface area (Å²) in [5, 5.41) is 16.5. The van der Waals surface area contributed by atoms with Crippen LogP contribution in [0.3, 0.4) is 0 Å². The number of anilines is 1. The zero-order valence-corrected chi connectivity index (χ0v) is 10.8. The third-order valence-corrected chi connectivity index (χ3v) is 3.82. The van der Waals surface area contributed by atoms with Crippen molar-refractivity contribution in [3.8, 4) is 0 Å². The minimum Gasteiger partial charge on any atom is -0.362 e. The summed E-state index contributed by atoms with van der Waals surface area (Å²) in [7, 11) is 0. The molecule has 2 aromatic heterocycles. The molecule has 0 radical (unpaired) electrons. The van der Waals surface area contributed by atoms with E-state index in [9.17, 15) is 0 Å². The van der Waals surface area contributed by atoms with E-state index in [2.05, 4.69) is 32.8 Å². The van der Waals surface area contributed by atoms with Gasteiger partial charge < -0.3 is 5.32 Å². The lowest BCUT2D eigenvalue weighted by Gasteiger charge is -2.18. The van der Waals surface area contributed by atoms with Crippen LogP contribution in [0.5, 0.6) is 0 Å². The lowest BCUT2D eigenvalue weighted by molar-refractivity contribution is 0.668. The fraction of sp³-hybridized carbons (Fsp3) is 0.500. The summed E-state index contributed by atoms with van der Waals surface area (Å²) in [6, 6.07) is 4.38. The largest absolute Gasteiger partial charge is 0.362 e. The summed E-state index contributed by atoms with van der Waals surface area (Å²) in [6.45, 7) is 0. The molecule has 0 amide bonds. The van der Waals surface area contributed by atoms with Crippen molar-refractivity contribution in [2.45, 2.75) is 44.1 Å². The summed E-state index contributed by atoms with van der Waals surface area (Å²) in [5.74, 6) is 2.48. The number of nitrogens with zero attached hydrogens (tertiary/aromatic N) is 4. The van der Waals surface area contributed by atoms with Crippen molar-refractivity contribution in [1.82, 2.24) is 19.8 Å². The standard InChI is InChI=1S/C14H17N5/c1-2-4-11(5-3-1)15-12-8-9-13-16-17-14(10-6-7-10)19(13)18-12/h2,4,8-11H,1,3,5-7H2,(H,15,18). The van der Waals surface area contributed by atoms with Crippen LogP contribution in [0, 0.1) is 0 Å². The predicted octanol–water partition coefficient (Wildman–Crippen LogP) is 2.52. The van der Waals surface area contributed by atoms with Gasteiger partial charge in [0.15, 0.2) is 11.5 Å². The molecule has 2 aromatic rings. The first-order chi connectivity index (χ1) is 9.40. The van der Waals surface area contributed by atoms with Crippen molar-refractivity contribution in [3.05, 3.63) is 30.1 Å². The normalized spacial score (nSPS) is 22.8. The van der Waals surface area contributed by atoms with Gasteiger partial charge in [-0.3, -0.25) is 0 Å². The number of allylic oxidation sites excluding steroid dienone is 1. The molecule has 0 spiro atoms. The van der Waals surface area contributed by atoms with E-state index in [-0.39, 0.29) is 0 Å². The Morgan fingerprint density at radius 3 is 2.89 bits per heavy atom. The highest BCUT2D eigenvalue weighted by molar-refractivity contribution is 5.45. The zero-order valence-electron chi connectivity index (χ0n) is 10.8. The Kier molecular flexibility index (Phi) is 2.50. The van der Waals surface area contributed by atoms with Gasteiger partial charge in [0.05, 0.1) is 0 Å². The molecule has 1 fully saturated rings. The van der Waals surface area contributed by atoms with Gasteiger partial charge in [0, 0.05) is 12.0 Å². The Morgan fingerprint density at radius 1 is 1.16 bits per heavy atom. The van der Waals surface area contributed by atoms with E-state index in [4.69, 9.17) is 0 Å². The van der Waals surface area contributed by atoms with Crippen molar-refractivity contribution in [2.75, 3.05) is 5.32 Å². The summed E-state index contributed by atoms with van der Waals surface area (Å²) >= 11 is 0. The lowest BCUT2D eigenvalue weighted by atomic mass is 10.0. The lowest BCUT2D eigenvalue weighted by Crippen LogP contribution is -2.20. The number of rotatable bonds is 3. The number of hydrogen-bond acceptors (Lipinski definition) is 4. The van der Waals surface area contributed by atoms with E-state index < -0.39 is 0 Å². The average molecular weight is 255 g/mol. The Hall–Kier alpha value is -1.91. The molecule has 1 atom stereocenters. The van der Waals surface area contributed by atoms with Crippen LogP contribution in [0.4, 0.5) is 5.82 Å². The maximum absolute atomic E-state index is 4.64. The molecule has 5 heteroatoms. The Bertz CT molecular complexity index is 626. The molecule has 0 aromatic carbocycles. The molecule has 4 rings (SSSR count). The van der Waals surface area contributed by atoms with Crippen molar-refractivity contribution >= 4 is 11.5 Å². The Labute approximate surface area is 111 Å². The summed E-state index contributed by atoms with van der Waals surface area (Å²) in [5.41, 5.74) is 0.839. The molecule has 0 bridgehead atoms. The molecule has 1 N–H and O–H groups in total. The van der Waals surface area contributed by atoms with Gasteiger partial charge >= 0.3 is 0 Å². The van der Waals surface area contributed by atoms with Gasteiger partial charge in [0.1, 0.15) is 5.82 Å². The minimum atomic E-state index is 0.402. The van der Waals surface area contributed by atoms with E-state index in [0.717, 1.165) is 17.3 Å². The van der Waals surface area contributed by atoms with Crippen molar-refractivity contribution in [3.63, 3.8) is 0 Å². The van der Waals surface area contributed by atoms with Gasteiger partial charge in [0.25, 0.3) is 0 Å². The topological polar surface area (TPSA) is 55.1 Å². The maximum Gasteiger partial charge on any atom is 0.178 e. The minimum absolute atomic E-state index is 0.402. The molecule has 2 aliphatic rings. The van der Waals surface area contributed by atoms with Gasteiger partial charge in [-0.1, -0.05) is 12.2 Å². The fourth-order valence-corrected chi connectivity index (χ4v) is 2.60. The highest BCUT2D eigenvalue weighted by Gasteiger charge is 2.29. The van der Waals surface area contributed by atoms with Crippen LogP contribution in [0.2, 0.25) is 0 Å². The highest BCUT2D eigenvalue weighted by Crippen LogP contribution is 2.38. The van der Waals surface area contributed by atoms with Crippen LogP contribution in [-0.4, -0.2) is 25.9 Å². The number of hydrogen-bond donors (Lipinski definition) is 1. The van der Waals surface area contributed by atoms with E-state index in [1.54, 1.807) is 0 Å². The first-order valence-electron chi connectivity index (χ1n) is 7.06. The average Bonchev–Trinajstić information content (AvgIpc) is 3.20. The molecule has 2 heterocycles. The number of fused-ring (bicyclic) bond motifs is 1. The molecule has 0 saturated heterocycles. The summed E-state index contributed by atoms with van der Waals surface area (Å²) in [4.78, 5) is 0. The first kappa shape index (κ1) is 11.0. The zero-order chi connectivity index (χ0) is 12.7. The van der Waals surface area contributed by atoms with Crippen LogP contribution in [0.1, 0.15) is 43.8 Å². The van der Waals surface area contributed by atoms with Crippen LogP contribution in [0.25, 0.3) is 5.65 Å². The molecule has 19 heavy (non-hydrogen) atoms. The summed E-state index contributed by atoms with van der Waals surface area (Å²) < 4.78 is 1.90. The SMILES string of the molecule is C1=CC(Nc2ccc3nnc(C4CC4)n3n2)CCC1. The smallest absolute Gasteiger partial charge is 0.178 e. The second kappa shape index (κ2) is 4.33. The second-order valence-corrected chi connectivity index (χ2v) is 5.43. The van der Waals surface area contributed by atoms with E-state index in [1.807, 2.05) is 16.6 Å². The molecule has 0 aliphatic heterocycles. The molecule has 98 valence electrons. The van der Waals surface area contributed by atoms with E-state index in [0.29, 0.717) is 12.0 Å². The summed E-state index contributed by atoms with van der Waals surface area (Å²) in [6.07, 6.45) is 10.5. The molecular formula is C14H17N5. The van der Waals surface area contributed by atoms with Crippen LogP contribution >= 0.6 is 0 Å². The van der Waals surface area contributed by atoms with Gasteiger partial charge in [-0.2, -0.15) is 4.52 Å². The van der Waals surface area contributed by atoms with Gasteiger partial charge in [-0.05, 0) is 44.2 Å². The maximum atomic E-state index is 4.64. The molecule has 2 aliphatic carbocycles. The molecule has 1 saturated carbocycles. The molecule has 5 nitrogen and oxygen atoms in total. The predicted molar refractivity (Wildman–Crippen MR) is 73.2 cm³/mol. The molecular weight excluding hydrogens is 238 g/mol. The van der Waals surface area contributed by atoms with Crippen LogP contribution in [0.15, 0.2) is 24.3 Å². The first-order valence-corrected chi connectivity index (χ1v) is 7.06. The number of aromatic nitrogens is 4. The quantitative estimate of drug-likeness (QED) is 0.856. The fourth-order valence-electron chi connectivity index (χ4n) is 2.60. The van der Waals surface area contributed by atoms with E-state index >= 15 is 0 Å². The third kappa shape index (κ3) is 2.09. The Balaban J connectivity index is 1.64. The second-order valence-electron chi connectivity index (χ2n) is 5.43. The number of nitrogens with one attached hydrogen (secondary N) is 1. The van der Waals surface area contributed by atoms with Crippen LogP contribution in [-0.2, 0) is 0 Å². The highest BCUT2D eigenvalue weighted by atomic mass is 15.4. The monoisotopic (exact) mass is 255 g/mol.